The zero-order chi connectivity index (χ0) is 23.0. The van der Waals surface area contributed by atoms with Crippen LogP contribution in [0.2, 0.25) is 0 Å². The predicted octanol–water partition coefficient (Wildman–Crippen LogP) is 2.75. The molecule has 1 unspecified atom stereocenters. The van der Waals surface area contributed by atoms with Crippen molar-refractivity contribution in [2.45, 2.75) is 19.9 Å². The molecule has 2 rings (SSSR count). The molecule has 0 aliphatic rings. The first-order valence-corrected chi connectivity index (χ1v) is 9.99. The Labute approximate surface area is 186 Å². The van der Waals surface area contributed by atoms with Crippen molar-refractivity contribution in [3.05, 3.63) is 69.9 Å². The summed E-state index contributed by atoms with van der Waals surface area (Å²) in [5.74, 6) is -3.15. The highest BCUT2D eigenvalue weighted by Crippen LogP contribution is 2.16. The number of amides is 1. The highest BCUT2D eigenvalue weighted by atomic mass is 79.9. The van der Waals surface area contributed by atoms with Gasteiger partial charge in [0.2, 0.25) is 0 Å². The molecule has 0 spiro atoms. The Morgan fingerprint density at radius 3 is 2.39 bits per heavy atom. The van der Waals surface area contributed by atoms with Crippen molar-refractivity contribution < 1.29 is 28.3 Å². The number of esters is 1. The summed E-state index contributed by atoms with van der Waals surface area (Å²) in [6, 6.07) is 10.8. The molecule has 2 aromatic carbocycles. The number of carbonyl (C=O) groups excluding carboxylic acids is 3. The first-order valence-electron chi connectivity index (χ1n) is 9.20. The van der Waals surface area contributed by atoms with Crippen molar-refractivity contribution in [3.8, 4) is 0 Å². The summed E-state index contributed by atoms with van der Waals surface area (Å²) < 4.78 is 18.4. The van der Waals surface area contributed by atoms with E-state index in [9.17, 15) is 18.8 Å². The van der Waals surface area contributed by atoms with Crippen LogP contribution in [-0.2, 0) is 19.2 Å². The Morgan fingerprint density at radius 1 is 1.13 bits per heavy atom. The van der Waals surface area contributed by atoms with Crippen LogP contribution in [0.15, 0.2) is 58.2 Å². The molecular weight excluding hydrogens is 473 g/mol. The number of amidine groups is 1. The van der Waals surface area contributed by atoms with Gasteiger partial charge < -0.3 is 20.6 Å². The van der Waals surface area contributed by atoms with Gasteiger partial charge in [-0.2, -0.15) is 0 Å². The molecule has 0 radical (unpaired) electrons. The molecule has 31 heavy (non-hydrogen) atoms. The van der Waals surface area contributed by atoms with E-state index in [-0.39, 0.29) is 11.8 Å². The summed E-state index contributed by atoms with van der Waals surface area (Å²) in [7, 11) is 0. The number of oxime groups is 1. The van der Waals surface area contributed by atoms with E-state index < -0.39 is 36.3 Å². The molecule has 0 bridgehead atoms. The van der Waals surface area contributed by atoms with Gasteiger partial charge in [-0.25, -0.2) is 14.0 Å². The Morgan fingerprint density at radius 2 is 1.77 bits per heavy atom. The lowest BCUT2D eigenvalue weighted by Gasteiger charge is -2.20. The third-order valence-electron chi connectivity index (χ3n) is 4.04. The second-order valence-corrected chi connectivity index (χ2v) is 7.58. The normalized spacial score (nSPS) is 12.2. The molecule has 164 valence electrons. The van der Waals surface area contributed by atoms with Crippen molar-refractivity contribution in [1.82, 2.24) is 5.32 Å². The van der Waals surface area contributed by atoms with Crippen LogP contribution in [0.5, 0.6) is 0 Å². The van der Waals surface area contributed by atoms with E-state index in [0.29, 0.717) is 15.6 Å². The predicted molar refractivity (Wildman–Crippen MR) is 114 cm³/mol. The monoisotopic (exact) mass is 493 g/mol. The number of carbonyl (C=O) groups is 3. The standard InChI is InChI=1S/C21H21BrFN3O5/c1-12(2)18(25-20(28)15-5-3-4-6-16(15)22)21(29)30-11-17(27)31-26-19(24)13-7-9-14(23)10-8-13/h3-10,12,18H,11H2,1-2H3,(H2,24,26)(H,25,28). The zero-order valence-electron chi connectivity index (χ0n) is 16.8. The number of hydrogen-bond acceptors (Lipinski definition) is 6. The van der Waals surface area contributed by atoms with Gasteiger partial charge in [0.15, 0.2) is 12.4 Å². The Bertz CT molecular complexity index is 979. The topological polar surface area (TPSA) is 120 Å². The second-order valence-electron chi connectivity index (χ2n) is 6.73. The number of nitrogens with zero attached hydrogens (tertiary/aromatic N) is 1. The van der Waals surface area contributed by atoms with Crippen molar-refractivity contribution in [2.75, 3.05) is 6.61 Å². The molecule has 3 N–H and O–H groups in total. The van der Waals surface area contributed by atoms with Gasteiger partial charge in [-0.15, -0.1) is 0 Å². The van der Waals surface area contributed by atoms with Crippen LogP contribution in [0.4, 0.5) is 4.39 Å². The molecule has 0 aliphatic heterocycles. The Kier molecular flexibility index (Phi) is 8.68. The number of benzene rings is 2. The fraction of sp³-hybridized carbons (Fsp3) is 0.238. The van der Waals surface area contributed by atoms with Crippen molar-refractivity contribution >= 4 is 39.6 Å². The van der Waals surface area contributed by atoms with E-state index in [2.05, 4.69) is 31.2 Å². The van der Waals surface area contributed by atoms with Crippen LogP contribution in [0.1, 0.15) is 29.8 Å². The van der Waals surface area contributed by atoms with E-state index in [1.54, 1.807) is 38.1 Å². The molecule has 0 fully saturated rings. The van der Waals surface area contributed by atoms with Gasteiger partial charge in [-0.05, 0) is 58.2 Å². The molecular formula is C21H21BrFN3O5. The maximum atomic E-state index is 12.9. The highest BCUT2D eigenvalue weighted by molar-refractivity contribution is 9.10. The number of nitrogens with two attached hydrogens (primary N) is 1. The van der Waals surface area contributed by atoms with E-state index in [4.69, 9.17) is 10.5 Å². The minimum atomic E-state index is -0.986. The minimum absolute atomic E-state index is 0.152. The molecule has 1 atom stereocenters. The van der Waals surface area contributed by atoms with Crippen LogP contribution in [0, 0.1) is 11.7 Å². The number of ether oxygens (including phenoxy) is 1. The third kappa shape index (κ3) is 7.18. The lowest BCUT2D eigenvalue weighted by atomic mass is 10.0. The fourth-order valence-electron chi connectivity index (χ4n) is 2.38. The Hall–Kier alpha value is -3.27. The number of nitrogens with one attached hydrogen (secondary N) is 1. The van der Waals surface area contributed by atoms with Gasteiger partial charge in [0, 0.05) is 10.0 Å². The van der Waals surface area contributed by atoms with Gasteiger partial charge in [0.25, 0.3) is 5.91 Å². The van der Waals surface area contributed by atoms with Gasteiger partial charge in [-0.3, -0.25) is 4.79 Å². The van der Waals surface area contributed by atoms with Crippen LogP contribution in [-0.4, -0.2) is 36.3 Å². The first kappa shape index (κ1) is 24.0. The van der Waals surface area contributed by atoms with E-state index >= 15 is 0 Å². The number of halogens is 2. The fourth-order valence-corrected chi connectivity index (χ4v) is 2.85. The molecule has 0 saturated heterocycles. The highest BCUT2D eigenvalue weighted by Gasteiger charge is 2.27. The molecule has 0 aromatic heterocycles. The van der Waals surface area contributed by atoms with Crippen molar-refractivity contribution in [1.29, 1.82) is 0 Å². The van der Waals surface area contributed by atoms with E-state index in [0.717, 1.165) is 0 Å². The van der Waals surface area contributed by atoms with Crippen molar-refractivity contribution in [3.63, 3.8) is 0 Å². The van der Waals surface area contributed by atoms with Gasteiger partial charge in [0.1, 0.15) is 11.9 Å². The maximum absolute atomic E-state index is 12.9. The zero-order valence-corrected chi connectivity index (χ0v) is 18.4. The summed E-state index contributed by atoms with van der Waals surface area (Å²) in [5.41, 5.74) is 6.35. The third-order valence-corrected chi connectivity index (χ3v) is 4.74. The molecule has 1 amide bonds. The number of hydrogen-bond donors (Lipinski definition) is 2. The summed E-state index contributed by atoms with van der Waals surface area (Å²) in [5, 5.41) is 6.04. The van der Waals surface area contributed by atoms with Gasteiger partial charge in [-0.1, -0.05) is 31.1 Å². The van der Waals surface area contributed by atoms with E-state index in [1.165, 1.54) is 24.3 Å². The number of rotatable bonds is 8. The van der Waals surface area contributed by atoms with Gasteiger partial charge in [0.05, 0.1) is 5.56 Å². The summed E-state index contributed by atoms with van der Waals surface area (Å²) in [4.78, 5) is 41.2. The van der Waals surface area contributed by atoms with Crippen LogP contribution >= 0.6 is 15.9 Å². The lowest BCUT2D eigenvalue weighted by Crippen LogP contribution is -2.45. The summed E-state index contributed by atoms with van der Waals surface area (Å²) in [6.45, 7) is 2.71. The van der Waals surface area contributed by atoms with Gasteiger partial charge >= 0.3 is 11.9 Å². The minimum Gasteiger partial charge on any atom is -0.452 e. The quantitative estimate of drug-likeness (QED) is 0.192. The smallest absolute Gasteiger partial charge is 0.372 e. The molecule has 2 aromatic rings. The molecule has 0 saturated carbocycles. The average molecular weight is 494 g/mol. The largest absolute Gasteiger partial charge is 0.452 e. The molecule has 0 aliphatic carbocycles. The first-order chi connectivity index (χ1) is 14.7. The Balaban J connectivity index is 1.91. The maximum Gasteiger partial charge on any atom is 0.372 e. The summed E-state index contributed by atoms with van der Waals surface area (Å²) >= 11 is 3.28. The summed E-state index contributed by atoms with van der Waals surface area (Å²) in [6.07, 6.45) is 0. The van der Waals surface area contributed by atoms with Crippen LogP contribution in [0.3, 0.4) is 0 Å². The van der Waals surface area contributed by atoms with E-state index in [1.807, 2.05) is 0 Å². The molecule has 8 nitrogen and oxygen atoms in total. The average Bonchev–Trinajstić information content (AvgIpc) is 2.74. The lowest BCUT2D eigenvalue weighted by molar-refractivity contribution is -0.160. The second kappa shape index (κ2) is 11.2. The molecule has 10 heteroatoms. The van der Waals surface area contributed by atoms with Crippen molar-refractivity contribution in [2.24, 2.45) is 16.8 Å². The van der Waals surface area contributed by atoms with Crippen LogP contribution in [0.25, 0.3) is 0 Å². The SMILES string of the molecule is CC(C)C(NC(=O)c1ccccc1Br)C(=O)OCC(=O)O/N=C(\N)c1ccc(F)cc1. The van der Waals surface area contributed by atoms with Crippen LogP contribution < -0.4 is 11.1 Å². The molecule has 0 heterocycles.